The van der Waals surface area contributed by atoms with E-state index in [1.165, 1.54) is 135 Å². The van der Waals surface area contributed by atoms with Crippen LogP contribution in [0.2, 0.25) is 0 Å². The third-order valence-electron chi connectivity index (χ3n) is 11.6. The topological polar surface area (TPSA) is 120 Å². The van der Waals surface area contributed by atoms with Crippen molar-refractivity contribution < 1.29 is 29.6 Å². The number of allylic oxidation sites excluding steroid dienone is 2. The number of aliphatic hydroxyl groups excluding tert-OH is 2. The molecule has 0 saturated heterocycles. The maximum Gasteiger partial charge on any atom is 0.204 e. The Bertz CT molecular complexity index is 1700. The molecule has 7 nitrogen and oxygen atoms in total. The second kappa shape index (κ2) is 28.0. The van der Waals surface area contributed by atoms with Crippen molar-refractivity contribution in [3.05, 3.63) is 75.7 Å². The number of fused-ring (bicyclic) bond motifs is 1. The van der Waals surface area contributed by atoms with E-state index in [1.807, 2.05) is 19.9 Å². The van der Waals surface area contributed by atoms with Gasteiger partial charge < -0.3 is 29.6 Å². The molecule has 0 aliphatic rings. The summed E-state index contributed by atoms with van der Waals surface area (Å²) in [6.07, 6.45) is 32.7. The van der Waals surface area contributed by atoms with Crippen LogP contribution in [-0.4, -0.2) is 39.2 Å². The maximum atomic E-state index is 13.9. The molecule has 0 amide bonds. The predicted octanol–water partition coefficient (Wildman–Crippen LogP) is 13.6. The molecule has 1 aromatic heterocycles. The highest BCUT2D eigenvalue weighted by atomic mass is 16.5. The Morgan fingerprint density at radius 2 is 1.21 bits per heavy atom. The minimum Gasteiger partial charge on any atom is -0.507 e. The van der Waals surface area contributed by atoms with E-state index in [4.69, 9.17) is 9.15 Å². The lowest BCUT2D eigenvalue weighted by Gasteiger charge is -2.18. The van der Waals surface area contributed by atoms with Crippen LogP contribution in [0.3, 0.4) is 0 Å². The molecule has 3 aromatic rings. The number of phenols is 2. The molecule has 2 atom stereocenters. The van der Waals surface area contributed by atoms with Crippen LogP contribution in [0.25, 0.3) is 22.1 Å². The summed E-state index contributed by atoms with van der Waals surface area (Å²) >= 11 is 0. The van der Waals surface area contributed by atoms with Crippen molar-refractivity contribution >= 4 is 11.0 Å². The summed E-state index contributed by atoms with van der Waals surface area (Å²) < 4.78 is 12.1. The highest BCUT2D eigenvalue weighted by Crippen LogP contribution is 2.41. The van der Waals surface area contributed by atoms with Gasteiger partial charge >= 0.3 is 0 Å². The number of hydrogen-bond acceptors (Lipinski definition) is 7. The number of aliphatic hydroxyl groups is 2. The van der Waals surface area contributed by atoms with Gasteiger partial charge in [0.05, 0.1) is 18.3 Å². The van der Waals surface area contributed by atoms with Crippen LogP contribution in [0, 0.1) is 0 Å². The van der Waals surface area contributed by atoms with Gasteiger partial charge in [-0.2, -0.15) is 0 Å². The first kappa shape index (κ1) is 48.8. The third-order valence-corrected chi connectivity index (χ3v) is 11.6. The van der Waals surface area contributed by atoms with E-state index in [0.29, 0.717) is 16.9 Å². The minimum absolute atomic E-state index is 0.0281. The van der Waals surface area contributed by atoms with Gasteiger partial charge in [0.1, 0.15) is 40.6 Å². The Hall–Kier alpha value is -3.55. The largest absolute Gasteiger partial charge is 0.507 e. The van der Waals surface area contributed by atoms with Gasteiger partial charge in [0.15, 0.2) is 0 Å². The van der Waals surface area contributed by atoms with Crippen LogP contribution in [0.5, 0.6) is 17.2 Å². The summed E-state index contributed by atoms with van der Waals surface area (Å²) in [6, 6.07) is 7.06. The molecule has 0 unspecified atom stereocenters. The van der Waals surface area contributed by atoms with Gasteiger partial charge in [-0.15, -0.1) is 0 Å². The maximum absolute atomic E-state index is 13.9. The lowest BCUT2D eigenvalue weighted by molar-refractivity contribution is 0.106. The molecule has 0 fully saturated rings. The first-order valence-corrected chi connectivity index (χ1v) is 22.9. The van der Waals surface area contributed by atoms with Crippen molar-refractivity contribution in [2.75, 3.05) is 6.61 Å². The fourth-order valence-electron chi connectivity index (χ4n) is 7.79. The molecule has 324 valence electrons. The molecule has 3 rings (SSSR count). The summed E-state index contributed by atoms with van der Waals surface area (Å²) in [5.41, 5.74) is 2.33. The van der Waals surface area contributed by atoms with E-state index in [0.717, 1.165) is 24.8 Å². The van der Waals surface area contributed by atoms with Crippen molar-refractivity contribution in [3.8, 4) is 28.4 Å². The van der Waals surface area contributed by atoms with Gasteiger partial charge in [0.25, 0.3) is 0 Å². The van der Waals surface area contributed by atoms with Gasteiger partial charge in [0.2, 0.25) is 5.43 Å². The molecule has 4 N–H and O–H groups in total. The molecule has 0 aliphatic heterocycles. The van der Waals surface area contributed by atoms with Crippen molar-refractivity contribution in [3.63, 3.8) is 0 Å². The molecule has 0 aliphatic carbocycles. The van der Waals surface area contributed by atoms with Crippen LogP contribution in [0.15, 0.2) is 63.5 Å². The van der Waals surface area contributed by atoms with E-state index in [1.54, 1.807) is 31.2 Å². The Morgan fingerprint density at radius 3 is 1.66 bits per heavy atom. The summed E-state index contributed by atoms with van der Waals surface area (Å²) in [5, 5.41) is 43.1. The van der Waals surface area contributed by atoms with Crippen LogP contribution in [0.1, 0.15) is 187 Å². The molecule has 0 radical (unpaired) electrons. The number of rotatable bonds is 32. The quantitative estimate of drug-likeness (QED) is 0.0366. The number of ether oxygens (including phenoxy) is 1. The lowest BCUT2D eigenvalue weighted by Crippen LogP contribution is -2.21. The SMILES string of the molecule is C=C(C)[C@H](O)Cc1c(O)c(CC=C(C)C)c(O)c2c(=O)c(-c3ccc(O[C@@H](CO)CCCCCCCCCCCCCCCCCCCCCCCC)cc3)coc12. The molecule has 58 heavy (non-hydrogen) atoms. The van der Waals surface area contributed by atoms with E-state index < -0.39 is 11.5 Å². The number of phenolic OH excluding ortho intramolecular Hbond substituents is 2. The zero-order chi connectivity index (χ0) is 42.1. The predicted molar refractivity (Wildman–Crippen MR) is 242 cm³/mol. The average molecular weight is 803 g/mol. The van der Waals surface area contributed by atoms with Gasteiger partial charge in [-0.1, -0.05) is 178 Å². The van der Waals surface area contributed by atoms with Crippen molar-refractivity contribution in [2.45, 2.75) is 200 Å². The van der Waals surface area contributed by atoms with E-state index in [9.17, 15) is 25.2 Å². The number of hydrogen-bond donors (Lipinski definition) is 4. The number of aromatic hydroxyl groups is 2. The highest BCUT2D eigenvalue weighted by Gasteiger charge is 2.25. The number of benzene rings is 2. The molecule has 1 heterocycles. The fraction of sp³-hybridized carbons (Fsp3) is 0.627. The first-order chi connectivity index (χ1) is 28.1. The average Bonchev–Trinajstić information content (AvgIpc) is 3.20. The number of unbranched alkanes of at least 4 members (excludes halogenated alkanes) is 21. The molecule has 0 spiro atoms. The molecule has 0 saturated carbocycles. The molecule has 2 aromatic carbocycles. The summed E-state index contributed by atoms with van der Waals surface area (Å²) in [7, 11) is 0. The Balaban J connectivity index is 1.37. The van der Waals surface area contributed by atoms with E-state index >= 15 is 0 Å². The molecular weight excluding hydrogens is 725 g/mol. The second-order valence-corrected chi connectivity index (χ2v) is 17.0. The zero-order valence-corrected chi connectivity index (χ0v) is 36.7. The first-order valence-electron chi connectivity index (χ1n) is 22.9. The Morgan fingerprint density at radius 1 is 0.724 bits per heavy atom. The third kappa shape index (κ3) is 17.0. The van der Waals surface area contributed by atoms with Gasteiger partial charge in [-0.3, -0.25) is 4.79 Å². The normalized spacial score (nSPS) is 12.5. The van der Waals surface area contributed by atoms with Crippen LogP contribution in [-0.2, 0) is 12.8 Å². The standard InChI is InChI=1S/C51H78O7/c1-6-7-8-9-10-11-12-13-14-15-16-17-18-19-20-21-22-23-24-25-26-27-28-42(36-52)58-41-32-30-40(31-33-41)45-37-57-51-44(35-46(53)39(4)5)48(54)43(34-29-38(2)3)49(55)47(51)50(45)56/h29-33,37,42,46,52-55H,4,6-28,34-36H2,1-3,5H3/t42-,46-/m1/s1. The fourth-order valence-corrected chi connectivity index (χ4v) is 7.79. The van der Waals surface area contributed by atoms with Crippen LogP contribution >= 0.6 is 0 Å². The van der Waals surface area contributed by atoms with E-state index in [2.05, 4.69) is 13.5 Å². The summed E-state index contributed by atoms with van der Waals surface area (Å²) in [4.78, 5) is 13.9. The van der Waals surface area contributed by atoms with Crippen LogP contribution in [0.4, 0.5) is 0 Å². The van der Waals surface area contributed by atoms with Gasteiger partial charge in [0, 0.05) is 17.5 Å². The molecule has 0 bridgehead atoms. The van der Waals surface area contributed by atoms with Crippen LogP contribution < -0.4 is 10.2 Å². The van der Waals surface area contributed by atoms with Gasteiger partial charge in [-0.05, 0) is 57.7 Å². The van der Waals surface area contributed by atoms with Crippen molar-refractivity contribution in [1.82, 2.24) is 0 Å². The smallest absolute Gasteiger partial charge is 0.204 e. The lowest BCUT2D eigenvalue weighted by atomic mass is 9.93. The van der Waals surface area contributed by atoms with E-state index in [-0.39, 0.29) is 64.7 Å². The molecule has 7 heteroatoms. The van der Waals surface area contributed by atoms with Gasteiger partial charge in [-0.25, -0.2) is 0 Å². The highest BCUT2D eigenvalue weighted by molar-refractivity contribution is 5.92. The Labute approximate surface area is 350 Å². The minimum atomic E-state index is -0.974. The second-order valence-electron chi connectivity index (χ2n) is 17.0. The Kier molecular flexibility index (Phi) is 23.6. The summed E-state index contributed by atoms with van der Waals surface area (Å²) in [5.74, 6) is 0.0503. The molecular formula is C51H78O7. The zero-order valence-electron chi connectivity index (χ0n) is 36.7. The summed E-state index contributed by atoms with van der Waals surface area (Å²) in [6.45, 7) is 11.5. The van der Waals surface area contributed by atoms with Crippen molar-refractivity contribution in [2.24, 2.45) is 0 Å². The monoisotopic (exact) mass is 803 g/mol. The van der Waals surface area contributed by atoms with Crippen molar-refractivity contribution in [1.29, 1.82) is 0 Å².